The summed E-state index contributed by atoms with van der Waals surface area (Å²) in [5.41, 5.74) is 2.38. The summed E-state index contributed by atoms with van der Waals surface area (Å²) in [4.78, 5) is 16.4. The molecule has 0 aliphatic heterocycles. The van der Waals surface area contributed by atoms with Gasteiger partial charge in [-0.05, 0) is 56.7 Å². The molecule has 1 aromatic carbocycles. The maximum atomic E-state index is 11.8. The second kappa shape index (κ2) is 13.6. The number of methoxy groups -OCH3 is 1. The Balaban J connectivity index is 0.00000392. The van der Waals surface area contributed by atoms with Crippen LogP contribution >= 0.6 is 24.0 Å². The second-order valence-electron chi connectivity index (χ2n) is 7.01. The third kappa shape index (κ3) is 8.24. The van der Waals surface area contributed by atoms with Gasteiger partial charge < -0.3 is 20.7 Å². The van der Waals surface area contributed by atoms with Crippen LogP contribution in [0.5, 0.6) is 5.75 Å². The summed E-state index contributed by atoms with van der Waals surface area (Å²) < 4.78 is 5.38. The van der Waals surface area contributed by atoms with Gasteiger partial charge in [0.1, 0.15) is 5.75 Å². The number of hydrogen-bond donors (Lipinski definition) is 3. The van der Waals surface area contributed by atoms with Crippen molar-refractivity contribution in [3.63, 3.8) is 0 Å². The molecule has 3 N–H and O–H groups in total. The highest BCUT2D eigenvalue weighted by molar-refractivity contribution is 14.0. The van der Waals surface area contributed by atoms with Gasteiger partial charge in [0.2, 0.25) is 5.91 Å². The summed E-state index contributed by atoms with van der Waals surface area (Å²) in [6.07, 6.45) is 5.04. The van der Waals surface area contributed by atoms with Gasteiger partial charge in [-0.15, -0.1) is 24.0 Å². The Morgan fingerprint density at radius 3 is 2.64 bits per heavy atom. The van der Waals surface area contributed by atoms with Crippen LogP contribution in [0.4, 0.5) is 0 Å². The Morgan fingerprint density at radius 1 is 1.21 bits per heavy atom. The molecule has 1 aliphatic carbocycles. The number of amides is 1. The highest BCUT2D eigenvalue weighted by Gasteiger charge is 2.24. The van der Waals surface area contributed by atoms with Gasteiger partial charge in [-0.1, -0.05) is 18.6 Å². The molecule has 1 aromatic rings. The monoisotopic (exact) mass is 502 g/mol. The van der Waals surface area contributed by atoms with Crippen molar-refractivity contribution in [2.24, 2.45) is 10.9 Å². The molecule has 0 heterocycles. The van der Waals surface area contributed by atoms with Crippen LogP contribution in [0.3, 0.4) is 0 Å². The van der Waals surface area contributed by atoms with E-state index in [9.17, 15) is 4.79 Å². The number of halogens is 1. The van der Waals surface area contributed by atoms with Crippen molar-refractivity contribution in [2.45, 2.75) is 46.0 Å². The number of aliphatic imine (C=N–C) groups is 1. The lowest BCUT2D eigenvalue weighted by molar-refractivity contribution is -0.127. The van der Waals surface area contributed by atoms with E-state index in [4.69, 9.17) is 4.74 Å². The third-order valence-corrected chi connectivity index (χ3v) is 4.90. The smallest absolute Gasteiger partial charge is 0.223 e. The molecule has 2 rings (SSSR count). The van der Waals surface area contributed by atoms with Crippen LogP contribution in [0, 0.1) is 12.8 Å². The predicted octanol–water partition coefficient (Wildman–Crippen LogP) is 3.03. The van der Waals surface area contributed by atoms with E-state index in [0.717, 1.165) is 56.0 Å². The van der Waals surface area contributed by atoms with Gasteiger partial charge in [0.25, 0.3) is 0 Å². The number of hydrogen-bond acceptors (Lipinski definition) is 3. The zero-order valence-electron chi connectivity index (χ0n) is 17.3. The third-order valence-electron chi connectivity index (χ3n) is 4.90. The SMILES string of the molecule is CCNC(=NCCCNC(=O)C1CCC1)NCCc1ccc(C)c(OC)c1.I. The molecule has 1 fully saturated rings. The number of guanidine groups is 1. The number of benzene rings is 1. The maximum absolute atomic E-state index is 11.8. The fourth-order valence-electron chi connectivity index (χ4n) is 2.98. The Kier molecular flexibility index (Phi) is 11.9. The summed E-state index contributed by atoms with van der Waals surface area (Å²) >= 11 is 0. The molecule has 0 radical (unpaired) electrons. The first-order valence-corrected chi connectivity index (χ1v) is 10.1. The fourth-order valence-corrected chi connectivity index (χ4v) is 2.98. The number of carbonyl (C=O) groups excluding carboxylic acids is 1. The molecule has 0 unspecified atom stereocenters. The Hall–Kier alpha value is -1.51. The van der Waals surface area contributed by atoms with Crippen LogP contribution < -0.4 is 20.7 Å². The van der Waals surface area contributed by atoms with Crippen molar-refractivity contribution in [3.05, 3.63) is 29.3 Å². The van der Waals surface area contributed by atoms with E-state index in [-0.39, 0.29) is 35.8 Å². The Labute approximate surface area is 186 Å². The van der Waals surface area contributed by atoms with Gasteiger partial charge >= 0.3 is 0 Å². The summed E-state index contributed by atoms with van der Waals surface area (Å²) in [5.74, 6) is 2.22. The van der Waals surface area contributed by atoms with Crippen molar-refractivity contribution >= 4 is 35.8 Å². The van der Waals surface area contributed by atoms with Gasteiger partial charge in [-0.25, -0.2) is 0 Å². The summed E-state index contributed by atoms with van der Waals surface area (Å²) in [6, 6.07) is 6.31. The lowest BCUT2D eigenvalue weighted by Crippen LogP contribution is -2.38. The molecule has 1 saturated carbocycles. The largest absolute Gasteiger partial charge is 0.496 e. The molecule has 1 aliphatic rings. The lowest BCUT2D eigenvalue weighted by atomic mass is 9.85. The van der Waals surface area contributed by atoms with E-state index in [1.54, 1.807) is 7.11 Å². The molecule has 6 nitrogen and oxygen atoms in total. The van der Waals surface area contributed by atoms with Crippen molar-refractivity contribution in [1.82, 2.24) is 16.0 Å². The van der Waals surface area contributed by atoms with E-state index in [1.807, 2.05) is 6.92 Å². The average molecular weight is 502 g/mol. The van der Waals surface area contributed by atoms with Crippen LogP contribution in [0.1, 0.15) is 43.7 Å². The minimum atomic E-state index is 0. The fraction of sp³-hybridized carbons (Fsp3) is 0.619. The van der Waals surface area contributed by atoms with Crippen LogP contribution in [0.25, 0.3) is 0 Å². The zero-order chi connectivity index (χ0) is 19.5. The molecule has 0 bridgehead atoms. The molecule has 7 heteroatoms. The predicted molar refractivity (Wildman–Crippen MR) is 126 cm³/mol. The first-order valence-electron chi connectivity index (χ1n) is 10.1. The quantitative estimate of drug-likeness (QED) is 0.199. The van der Waals surface area contributed by atoms with Gasteiger partial charge in [0.15, 0.2) is 5.96 Å². The summed E-state index contributed by atoms with van der Waals surface area (Å²) in [5, 5.41) is 9.64. The van der Waals surface area contributed by atoms with E-state index < -0.39 is 0 Å². The van der Waals surface area contributed by atoms with E-state index in [0.29, 0.717) is 13.1 Å². The van der Waals surface area contributed by atoms with Gasteiger partial charge in [-0.2, -0.15) is 0 Å². The molecule has 0 spiro atoms. The maximum Gasteiger partial charge on any atom is 0.223 e. The van der Waals surface area contributed by atoms with E-state index in [2.05, 4.69) is 46.1 Å². The van der Waals surface area contributed by atoms with Gasteiger partial charge in [-0.3, -0.25) is 9.79 Å². The molecular formula is C21H35IN4O2. The normalized spacial score (nSPS) is 13.9. The van der Waals surface area contributed by atoms with Crippen LogP contribution in [0.2, 0.25) is 0 Å². The van der Waals surface area contributed by atoms with Crippen LogP contribution in [-0.4, -0.2) is 45.2 Å². The average Bonchev–Trinajstić information content (AvgIpc) is 2.61. The molecule has 158 valence electrons. The highest BCUT2D eigenvalue weighted by Crippen LogP contribution is 2.26. The number of aryl methyl sites for hydroxylation is 1. The molecule has 0 aromatic heterocycles. The Bertz CT molecular complexity index is 633. The topological polar surface area (TPSA) is 74.8 Å². The van der Waals surface area contributed by atoms with Crippen molar-refractivity contribution < 1.29 is 9.53 Å². The van der Waals surface area contributed by atoms with Gasteiger partial charge in [0.05, 0.1) is 7.11 Å². The molecule has 28 heavy (non-hydrogen) atoms. The number of ether oxygens (including phenoxy) is 1. The summed E-state index contributed by atoms with van der Waals surface area (Å²) in [7, 11) is 1.70. The molecule has 0 atom stereocenters. The minimum Gasteiger partial charge on any atom is -0.496 e. The second-order valence-corrected chi connectivity index (χ2v) is 7.01. The highest BCUT2D eigenvalue weighted by atomic mass is 127. The van der Waals surface area contributed by atoms with Crippen molar-refractivity contribution in [2.75, 3.05) is 33.3 Å². The minimum absolute atomic E-state index is 0. The molecular weight excluding hydrogens is 467 g/mol. The zero-order valence-corrected chi connectivity index (χ0v) is 19.7. The van der Waals surface area contributed by atoms with Crippen molar-refractivity contribution in [3.8, 4) is 5.75 Å². The number of rotatable bonds is 10. The number of nitrogens with zero attached hydrogens (tertiary/aromatic N) is 1. The standard InChI is InChI=1S/C21H34N4O2.HI/c1-4-22-21(24-13-6-12-23-20(26)18-7-5-8-18)25-14-11-17-10-9-16(2)19(15-17)27-3;/h9-10,15,18H,4-8,11-14H2,1-3H3,(H,23,26)(H2,22,24,25);1H. The van der Waals surface area contributed by atoms with Crippen molar-refractivity contribution in [1.29, 1.82) is 0 Å². The first kappa shape index (κ1) is 24.5. The summed E-state index contributed by atoms with van der Waals surface area (Å²) in [6.45, 7) is 7.12. The lowest BCUT2D eigenvalue weighted by Gasteiger charge is -2.23. The molecule has 0 saturated heterocycles. The molecule has 1 amide bonds. The van der Waals surface area contributed by atoms with Crippen LogP contribution in [-0.2, 0) is 11.2 Å². The number of carbonyl (C=O) groups is 1. The Morgan fingerprint density at radius 2 is 2.00 bits per heavy atom. The van der Waals surface area contributed by atoms with E-state index in [1.165, 1.54) is 12.0 Å². The first-order chi connectivity index (χ1) is 13.1. The van der Waals surface area contributed by atoms with Crippen LogP contribution in [0.15, 0.2) is 23.2 Å². The number of nitrogens with one attached hydrogen (secondary N) is 3. The van der Waals surface area contributed by atoms with Gasteiger partial charge in [0, 0.05) is 32.1 Å². The van der Waals surface area contributed by atoms with E-state index >= 15 is 0 Å².